The zero-order valence-corrected chi connectivity index (χ0v) is 17.0. The molecule has 1 N–H and O–H groups in total. The molecule has 0 amide bonds. The Morgan fingerprint density at radius 1 is 1.30 bits per heavy atom. The van der Waals surface area contributed by atoms with Gasteiger partial charge >= 0.3 is 5.97 Å². The molecule has 27 heavy (non-hydrogen) atoms. The van der Waals surface area contributed by atoms with Gasteiger partial charge in [0.25, 0.3) is 0 Å². The average molecular weight is 430 g/mol. The summed E-state index contributed by atoms with van der Waals surface area (Å²) in [4.78, 5) is 13.4. The number of anilines is 1. The SMILES string of the molecule is C/C(=C\c1cc(Br)c2c(c1)CCN2CCCOCc1ccccc1)C(=O)O. The number of fused-ring (bicyclic) bond motifs is 1. The molecule has 4 nitrogen and oxygen atoms in total. The van der Waals surface area contributed by atoms with Gasteiger partial charge in [-0.3, -0.25) is 0 Å². The summed E-state index contributed by atoms with van der Waals surface area (Å²) in [6.45, 7) is 4.93. The van der Waals surface area contributed by atoms with Gasteiger partial charge in [-0.25, -0.2) is 4.79 Å². The molecule has 3 rings (SSSR count). The minimum Gasteiger partial charge on any atom is -0.478 e. The molecule has 1 aliphatic rings. The van der Waals surface area contributed by atoms with Crippen molar-refractivity contribution in [1.29, 1.82) is 0 Å². The van der Waals surface area contributed by atoms with Crippen LogP contribution in [0.4, 0.5) is 5.69 Å². The summed E-state index contributed by atoms with van der Waals surface area (Å²) in [5, 5.41) is 9.06. The third-order valence-electron chi connectivity index (χ3n) is 4.68. The molecule has 0 aliphatic carbocycles. The van der Waals surface area contributed by atoms with Crippen molar-refractivity contribution in [2.45, 2.75) is 26.4 Å². The number of hydrogen-bond acceptors (Lipinski definition) is 3. The van der Waals surface area contributed by atoms with Gasteiger partial charge in [0, 0.05) is 29.7 Å². The van der Waals surface area contributed by atoms with E-state index < -0.39 is 5.97 Å². The van der Waals surface area contributed by atoms with Crippen LogP contribution in [0.25, 0.3) is 6.08 Å². The first-order chi connectivity index (χ1) is 13.0. The maximum Gasteiger partial charge on any atom is 0.331 e. The number of carbonyl (C=O) groups is 1. The van der Waals surface area contributed by atoms with E-state index in [1.54, 1.807) is 13.0 Å². The lowest BCUT2D eigenvalue weighted by molar-refractivity contribution is -0.132. The molecule has 2 aromatic rings. The van der Waals surface area contributed by atoms with Crippen LogP contribution in [-0.2, 0) is 22.6 Å². The van der Waals surface area contributed by atoms with Crippen LogP contribution < -0.4 is 4.90 Å². The van der Waals surface area contributed by atoms with Crippen molar-refractivity contribution in [2.24, 2.45) is 0 Å². The third-order valence-corrected chi connectivity index (χ3v) is 5.29. The molecule has 1 heterocycles. The molecular weight excluding hydrogens is 406 g/mol. The largest absolute Gasteiger partial charge is 0.478 e. The van der Waals surface area contributed by atoms with E-state index >= 15 is 0 Å². The van der Waals surface area contributed by atoms with E-state index in [1.165, 1.54) is 16.8 Å². The molecule has 0 saturated carbocycles. The Bertz CT molecular complexity index is 833. The van der Waals surface area contributed by atoms with Crippen molar-refractivity contribution in [3.05, 3.63) is 69.2 Å². The highest BCUT2D eigenvalue weighted by Crippen LogP contribution is 2.37. The van der Waals surface area contributed by atoms with Gasteiger partial charge in [-0.2, -0.15) is 0 Å². The van der Waals surface area contributed by atoms with Crippen LogP contribution in [0.3, 0.4) is 0 Å². The predicted molar refractivity (Wildman–Crippen MR) is 112 cm³/mol. The number of halogens is 1. The van der Waals surface area contributed by atoms with Crippen molar-refractivity contribution in [2.75, 3.05) is 24.6 Å². The van der Waals surface area contributed by atoms with Crippen molar-refractivity contribution in [1.82, 2.24) is 0 Å². The lowest BCUT2D eigenvalue weighted by Crippen LogP contribution is -2.23. The highest BCUT2D eigenvalue weighted by Gasteiger charge is 2.22. The predicted octanol–water partition coefficient (Wildman–Crippen LogP) is 4.91. The minimum atomic E-state index is -0.885. The lowest BCUT2D eigenvalue weighted by Gasteiger charge is -2.21. The number of nitrogens with zero attached hydrogens (tertiary/aromatic N) is 1. The zero-order chi connectivity index (χ0) is 19.2. The Kier molecular flexibility index (Phi) is 6.69. The number of hydrogen-bond donors (Lipinski definition) is 1. The Hall–Kier alpha value is -2.11. The van der Waals surface area contributed by atoms with Gasteiger partial charge in [0.05, 0.1) is 12.3 Å². The average Bonchev–Trinajstić information content (AvgIpc) is 3.05. The van der Waals surface area contributed by atoms with Gasteiger partial charge in [0.1, 0.15) is 0 Å². The fraction of sp³-hybridized carbons (Fsp3) is 0.318. The molecule has 0 unspecified atom stereocenters. The van der Waals surface area contributed by atoms with E-state index in [0.717, 1.165) is 42.6 Å². The normalized spacial score (nSPS) is 13.7. The molecule has 0 aromatic heterocycles. The van der Waals surface area contributed by atoms with Crippen molar-refractivity contribution in [3.8, 4) is 0 Å². The number of carboxylic acid groups (broad SMARTS) is 1. The number of benzene rings is 2. The molecule has 0 radical (unpaired) electrons. The van der Waals surface area contributed by atoms with E-state index in [0.29, 0.717) is 12.2 Å². The van der Waals surface area contributed by atoms with E-state index in [2.05, 4.69) is 39.0 Å². The minimum absolute atomic E-state index is 0.340. The molecule has 142 valence electrons. The van der Waals surface area contributed by atoms with E-state index in [9.17, 15) is 4.79 Å². The van der Waals surface area contributed by atoms with Gasteiger partial charge in [-0.1, -0.05) is 30.3 Å². The molecule has 5 heteroatoms. The molecular formula is C22H24BrNO3. The first kappa shape index (κ1) is 19.6. The number of ether oxygens (including phenoxy) is 1. The Labute approximate surface area is 168 Å². The van der Waals surface area contributed by atoms with E-state index in [4.69, 9.17) is 9.84 Å². The number of aliphatic carboxylic acids is 1. The molecule has 0 atom stereocenters. The van der Waals surface area contributed by atoms with Gasteiger partial charge in [-0.05, 0) is 70.6 Å². The summed E-state index contributed by atoms with van der Waals surface area (Å²) in [7, 11) is 0. The quantitative estimate of drug-likeness (QED) is 0.478. The lowest BCUT2D eigenvalue weighted by atomic mass is 10.1. The Balaban J connectivity index is 1.55. The van der Waals surface area contributed by atoms with Crippen molar-refractivity contribution < 1.29 is 14.6 Å². The van der Waals surface area contributed by atoms with Gasteiger partial charge in [0.2, 0.25) is 0 Å². The van der Waals surface area contributed by atoms with Crippen LogP contribution in [0.5, 0.6) is 0 Å². The van der Waals surface area contributed by atoms with E-state index in [-0.39, 0.29) is 0 Å². The summed E-state index contributed by atoms with van der Waals surface area (Å²) in [6, 6.07) is 14.3. The highest BCUT2D eigenvalue weighted by molar-refractivity contribution is 9.10. The van der Waals surface area contributed by atoms with Crippen LogP contribution in [0.15, 0.2) is 52.5 Å². The first-order valence-electron chi connectivity index (χ1n) is 9.15. The first-order valence-corrected chi connectivity index (χ1v) is 9.94. The molecule has 1 aliphatic heterocycles. The second-order valence-electron chi connectivity index (χ2n) is 6.77. The van der Waals surface area contributed by atoms with Crippen LogP contribution >= 0.6 is 15.9 Å². The smallest absolute Gasteiger partial charge is 0.331 e. The molecule has 2 aromatic carbocycles. The van der Waals surface area contributed by atoms with Gasteiger partial charge < -0.3 is 14.7 Å². The fourth-order valence-electron chi connectivity index (χ4n) is 3.33. The topological polar surface area (TPSA) is 49.8 Å². The monoisotopic (exact) mass is 429 g/mol. The van der Waals surface area contributed by atoms with Crippen molar-refractivity contribution in [3.63, 3.8) is 0 Å². The van der Waals surface area contributed by atoms with Crippen LogP contribution in [0.1, 0.15) is 30.0 Å². The standard InChI is InChI=1S/C22H24BrNO3/c1-16(22(25)26)12-18-13-19-8-10-24(21(19)20(23)14-18)9-5-11-27-15-17-6-3-2-4-7-17/h2-4,6-7,12-14H,5,8-11,15H2,1H3,(H,25,26)/b16-12+. The van der Waals surface area contributed by atoms with Crippen LogP contribution in [-0.4, -0.2) is 30.8 Å². The number of carboxylic acids is 1. The molecule has 0 spiro atoms. The van der Waals surface area contributed by atoms with E-state index in [1.807, 2.05) is 24.3 Å². The van der Waals surface area contributed by atoms with Crippen LogP contribution in [0, 0.1) is 0 Å². The maximum atomic E-state index is 11.0. The Morgan fingerprint density at radius 3 is 2.81 bits per heavy atom. The summed E-state index contributed by atoms with van der Waals surface area (Å²) >= 11 is 3.67. The summed E-state index contributed by atoms with van der Waals surface area (Å²) in [5.41, 5.74) is 4.95. The van der Waals surface area contributed by atoms with Crippen molar-refractivity contribution >= 4 is 33.7 Å². The Morgan fingerprint density at radius 2 is 2.07 bits per heavy atom. The summed E-state index contributed by atoms with van der Waals surface area (Å²) in [6.07, 6.45) is 3.67. The summed E-state index contributed by atoms with van der Waals surface area (Å²) in [5.74, 6) is -0.885. The fourth-order valence-corrected chi connectivity index (χ4v) is 4.10. The summed E-state index contributed by atoms with van der Waals surface area (Å²) < 4.78 is 6.80. The molecule has 0 saturated heterocycles. The maximum absolute atomic E-state index is 11.0. The highest BCUT2D eigenvalue weighted by atomic mass is 79.9. The third kappa shape index (κ3) is 5.21. The zero-order valence-electron chi connectivity index (χ0n) is 15.5. The van der Waals surface area contributed by atoms with Gasteiger partial charge in [-0.15, -0.1) is 0 Å². The second kappa shape index (κ2) is 9.20. The van der Waals surface area contributed by atoms with Gasteiger partial charge in [0.15, 0.2) is 0 Å². The molecule has 0 bridgehead atoms. The van der Waals surface area contributed by atoms with Crippen LogP contribution in [0.2, 0.25) is 0 Å². The molecule has 0 fully saturated rings. The number of rotatable bonds is 8. The second-order valence-corrected chi connectivity index (χ2v) is 7.63.